The monoisotopic (exact) mass is 327 g/mol. The summed E-state index contributed by atoms with van der Waals surface area (Å²) in [6, 6.07) is 6.86. The van der Waals surface area contributed by atoms with Crippen LogP contribution in [0.15, 0.2) is 43.1 Å². The molecule has 0 spiro atoms. The lowest BCUT2D eigenvalue weighted by atomic mass is 9.73. The third kappa shape index (κ3) is 2.50. The van der Waals surface area contributed by atoms with Crippen LogP contribution < -0.4 is 4.74 Å². The zero-order chi connectivity index (χ0) is 19.2. The molecule has 3 saturated heterocycles. The molecule has 0 saturated carbocycles. The van der Waals surface area contributed by atoms with Crippen LogP contribution in [0.2, 0.25) is 0 Å². The van der Waals surface area contributed by atoms with Crippen LogP contribution in [-0.2, 0) is 0 Å². The van der Waals surface area contributed by atoms with Crippen molar-refractivity contribution in [1.29, 1.82) is 0 Å². The number of aliphatic hydroxyl groups excluding tert-OH is 1. The van der Waals surface area contributed by atoms with Gasteiger partial charge in [-0.15, -0.1) is 6.58 Å². The summed E-state index contributed by atoms with van der Waals surface area (Å²) in [5.74, 6) is 1.31. The van der Waals surface area contributed by atoms with Crippen molar-refractivity contribution in [2.45, 2.75) is 25.0 Å². The molecule has 5 atom stereocenters. The van der Waals surface area contributed by atoms with Crippen molar-refractivity contribution in [1.82, 2.24) is 9.88 Å². The highest BCUT2D eigenvalue weighted by atomic mass is 16.5. The van der Waals surface area contributed by atoms with Gasteiger partial charge in [-0.25, -0.2) is 0 Å². The average Bonchev–Trinajstić information content (AvgIpc) is 2.65. The number of hydrogen-bond acceptors (Lipinski definition) is 4. The first kappa shape index (κ1) is 12.5. The zero-order valence-electron chi connectivity index (χ0n) is 16.6. The first-order chi connectivity index (χ1) is 12.9. The second-order valence-corrected chi connectivity index (χ2v) is 6.87. The SMILES string of the molecule is [2H]C([2H])([2H])Oc1ccc2nccc([C@H](O)[C@H]3C[C@@H]4CCN3C[C@@H]4C=C)c2c1. The summed E-state index contributed by atoms with van der Waals surface area (Å²) in [4.78, 5) is 6.70. The van der Waals surface area contributed by atoms with Gasteiger partial charge in [0.2, 0.25) is 0 Å². The molecule has 2 bridgehead atoms. The molecule has 24 heavy (non-hydrogen) atoms. The Hall–Kier alpha value is -1.91. The Kier molecular flexibility index (Phi) is 3.21. The summed E-state index contributed by atoms with van der Waals surface area (Å²) in [6.45, 7) is 5.88. The maximum Gasteiger partial charge on any atom is 0.119 e. The van der Waals surface area contributed by atoms with E-state index >= 15 is 0 Å². The van der Waals surface area contributed by atoms with E-state index in [1.54, 1.807) is 24.4 Å². The molecular weight excluding hydrogens is 300 g/mol. The minimum atomic E-state index is -2.51. The molecule has 1 N–H and O–H groups in total. The zero-order valence-corrected chi connectivity index (χ0v) is 13.6. The van der Waals surface area contributed by atoms with Gasteiger partial charge in [-0.1, -0.05) is 6.08 Å². The molecule has 0 aliphatic carbocycles. The van der Waals surface area contributed by atoms with E-state index in [0.717, 1.165) is 36.9 Å². The lowest BCUT2D eigenvalue weighted by Gasteiger charge is -2.50. The Morgan fingerprint density at radius 3 is 3.17 bits per heavy atom. The van der Waals surface area contributed by atoms with Crippen LogP contribution in [0.1, 0.15) is 28.6 Å². The number of nitrogens with zero attached hydrogens (tertiary/aromatic N) is 2. The van der Waals surface area contributed by atoms with Gasteiger partial charge in [-0.2, -0.15) is 0 Å². The van der Waals surface area contributed by atoms with Crippen LogP contribution in [0.4, 0.5) is 0 Å². The second-order valence-electron chi connectivity index (χ2n) is 6.87. The standard InChI is InChI=1S/C20H24N2O2/c1-3-13-12-22-9-7-14(13)10-19(22)20(23)16-6-8-21-18-5-4-15(24-2)11-17(16)18/h3-6,8,11,13-14,19-20,23H,1,7,9-10,12H2,2H3/t13-,14-,19+,20-/m0/s1/i2D3. The van der Waals surface area contributed by atoms with E-state index in [2.05, 4.69) is 16.5 Å². The molecule has 3 fully saturated rings. The van der Waals surface area contributed by atoms with Crippen molar-refractivity contribution >= 4 is 10.9 Å². The van der Waals surface area contributed by atoms with Crippen LogP contribution in [0, 0.1) is 11.8 Å². The summed E-state index contributed by atoms with van der Waals surface area (Å²) >= 11 is 0. The highest BCUT2D eigenvalue weighted by Gasteiger charge is 2.42. The minimum Gasteiger partial charge on any atom is -0.497 e. The van der Waals surface area contributed by atoms with E-state index < -0.39 is 13.1 Å². The predicted molar refractivity (Wildman–Crippen MR) is 95.0 cm³/mol. The largest absolute Gasteiger partial charge is 0.497 e. The minimum absolute atomic E-state index is 0.0535. The Bertz CT molecular complexity index is 855. The van der Waals surface area contributed by atoms with Crippen molar-refractivity contribution in [3.05, 3.63) is 48.7 Å². The van der Waals surface area contributed by atoms with Crippen LogP contribution in [0.3, 0.4) is 0 Å². The van der Waals surface area contributed by atoms with Crippen molar-refractivity contribution in [2.24, 2.45) is 11.8 Å². The number of rotatable bonds is 4. The number of ether oxygens (including phenoxy) is 1. The molecule has 4 heterocycles. The van der Waals surface area contributed by atoms with E-state index in [0.29, 0.717) is 17.4 Å². The van der Waals surface area contributed by atoms with Crippen molar-refractivity contribution in [2.75, 3.05) is 20.1 Å². The van der Waals surface area contributed by atoms with E-state index in [-0.39, 0.29) is 11.8 Å². The van der Waals surface area contributed by atoms with E-state index in [1.165, 1.54) is 0 Å². The summed E-state index contributed by atoms with van der Waals surface area (Å²) in [5.41, 5.74) is 1.48. The predicted octanol–water partition coefficient (Wildman–Crippen LogP) is 3.17. The molecule has 0 amide bonds. The van der Waals surface area contributed by atoms with Crippen molar-refractivity contribution in [3.63, 3.8) is 0 Å². The maximum absolute atomic E-state index is 11.2. The fraction of sp³-hybridized carbons (Fsp3) is 0.450. The third-order valence-corrected chi connectivity index (χ3v) is 5.70. The first-order valence-electron chi connectivity index (χ1n) is 9.98. The Balaban J connectivity index is 1.66. The molecule has 1 aromatic carbocycles. The molecule has 3 aliphatic heterocycles. The van der Waals surface area contributed by atoms with Gasteiger partial charge in [-0.05, 0) is 61.1 Å². The summed E-state index contributed by atoms with van der Waals surface area (Å²) in [5, 5.41) is 11.9. The fourth-order valence-electron chi connectivity index (χ4n) is 4.38. The smallest absolute Gasteiger partial charge is 0.119 e. The summed E-state index contributed by atoms with van der Waals surface area (Å²) < 4.78 is 26.9. The van der Waals surface area contributed by atoms with E-state index in [4.69, 9.17) is 8.85 Å². The Morgan fingerprint density at radius 1 is 1.50 bits per heavy atom. The third-order valence-electron chi connectivity index (χ3n) is 5.70. The topological polar surface area (TPSA) is 45.6 Å². The van der Waals surface area contributed by atoms with E-state index in [1.807, 2.05) is 12.1 Å². The van der Waals surface area contributed by atoms with Gasteiger partial charge in [0.1, 0.15) is 5.75 Å². The lowest BCUT2D eigenvalue weighted by Crippen LogP contribution is -2.54. The van der Waals surface area contributed by atoms with Crippen LogP contribution in [0.25, 0.3) is 10.9 Å². The van der Waals surface area contributed by atoms with Gasteiger partial charge in [0, 0.05) is 24.2 Å². The quantitative estimate of drug-likeness (QED) is 0.876. The van der Waals surface area contributed by atoms with Gasteiger partial charge >= 0.3 is 0 Å². The molecular formula is C20H24N2O2. The van der Waals surface area contributed by atoms with Crippen LogP contribution in [-0.4, -0.2) is 41.2 Å². The number of fused-ring (bicyclic) bond motifs is 4. The summed E-state index contributed by atoms with van der Waals surface area (Å²) in [6.07, 6.45) is 5.15. The van der Waals surface area contributed by atoms with Crippen LogP contribution >= 0.6 is 0 Å². The maximum atomic E-state index is 11.2. The highest BCUT2D eigenvalue weighted by Crippen LogP contribution is 2.42. The molecule has 0 radical (unpaired) electrons. The highest BCUT2D eigenvalue weighted by molar-refractivity contribution is 5.83. The molecule has 126 valence electrons. The molecule has 4 heteroatoms. The molecule has 5 rings (SSSR count). The molecule has 2 aromatic rings. The van der Waals surface area contributed by atoms with Crippen LogP contribution in [0.5, 0.6) is 5.75 Å². The Morgan fingerprint density at radius 2 is 2.42 bits per heavy atom. The molecule has 3 aliphatic rings. The summed E-state index contributed by atoms with van der Waals surface area (Å²) in [7, 11) is -2.51. The number of hydrogen-bond donors (Lipinski definition) is 1. The molecule has 4 nitrogen and oxygen atoms in total. The normalized spacial score (nSPS) is 32.6. The molecule has 1 unspecified atom stereocenters. The molecule has 1 aromatic heterocycles. The first-order valence-corrected chi connectivity index (χ1v) is 8.48. The number of pyridine rings is 1. The van der Waals surface area contributed by atoms with E-state index in [9.17, 15) is 5.11 Å². The number of methoxy groups -OCH3 is 1. The van der Waals surface area contributed by atoms with Gasteiger partial charge in [0.05, 0.1) is 22.8 Å². The lowest BCUT2D eigenvalue weighted by molar-refractivity contribution is -0.0444. The van der Waals surface area contributed by atoms with Gasteiger partial charge < -0.3 is 9.84 Å². The van der Waals surface area contributed by atoms with Gasteiger partial charge in [0.15, 0.2) is 0 Å². The number of aliphatic hydroxyl groups is 1. The average molecular weight is 327 g/mol. The van der Waals surface area contributed by atoms with Crippen molar-refractivity contribution in [3.8, 4) is 5.75 Å². The van der Waals surface area contributed by atoms with Gasteiger partial charge in [0.25, 0.3) is 0 Å². The second kappa shape index (κ2) is 6.19. The van der Waals surface area contributed by atoms with Crippen molar-refractivity contribution < 1.29 is 14.0 Å². The van der Waals surface area contributed by atoms with Gasteiger partial charge in [-0.3, -0.25) is 9.88 Å². The number of benzene rings is 1. The number of aromatic nitrogens is 1. The fourth-order valence-corrected chi connectivity index (χ4v) is 4.38. The number of piperidine rings is 3. The Labute approximate surface area is 147 Å².